The molecule has 2 aliphatic rings. The predicted octanol–water partition coefficient (Wildman–Crippen LogP) is 4.13. The van der Waals surface area contributed by atoms with E-state index in [2.05, 4.69) is 33.8 Å². The quantitative estimate of drug-likeness (QED) is 0.561. The summed E-state index contributed by atoms with van der Waals surface area (Å²) in [5.41, 5.74) is 1.67. The predicted molar refractivity (Wildman–Crippen MR) is 67.2 cm³/mol. The molecule has 0 aromatic carbocycles. The van der Waals surface area contributed by atoms with Gasteiger partial charge in [0.05, 0.1) is 0 Å². The number of hydrogen-bond acceptors (Lipinski definition) is 1. The van der Waals surface area contributed by atoms with E-state index in [9.17, 15) is 4.79 Å². The number of fused-ring (bicyclic) bond motifs is 1. The fourth-order valence-electron chi connectivity index (χ4n) is 3.71. The first-order chi connectivity index (χ1) is 7.36. The average Bonchev–Trinajstić information content (AvgIpc) is 2.28. The van der Waals surface area contributed by atoms with Crippen molar-refractivity contribution in [1.82, 2.24) is 0 Å². The molecule has 2 rings (SSSR count). The lowest BCUT2D eigenvalue weighted by molar-refractivity contribution is -0.131. The number of Topliss-reactive ketones (excluding diaryl/α,β-unsaturated/α-hetero) is 1. The molecule has 2 atom stereocenters. The van der Waals surface area contributed by atoms with Crippen LogP contribution in [0.1, 0.15) is 59.8 Å². The van der Waals surface area contributed by atoms with Crippen LogP contribution in [0.5, 0.6) is 0 Å². The van der Waals surface area contributed by atoms with Gasteiger partial charge in [0.2, 0.25) is 0 Å². The molecular formula is C15H24O. The second-order valence-corrected chi connectivity index (χ2v) is 6.67. The molecule has 1 fully saturated rings. The number of allylic oxidation sites excluding steroid dienone is 2. The van der Waals surface area contributed by atoms with E-state index in [0.717, 1.165) is 25.7 Å². The number of hydrogen-bond donors (Lipinski definition) is 0. The van der Waals surface area contributed by atoms with Crippen LogP contribution in [0.25, 0.3) is 0 Å². The minimum Gasteiger partial charge on any atom is -0.299 e. The number of ketones is 1. The summed E-state index contributed by atoms with van der Waals surface area (Å²) in [5.74, 6) is 0.954. The first-order valence-corrected chi connectivity index (χ1v) is 6.57. The Morgan fingerprint density at radius 1 is 1.19 bits per heavy atom. The molecule has 0 spiro atoms. The Hall–Kier alpha value is -0.590. The Morgan fingerprint density at radius 2 is 1.88 bits per heavy atom. The summed E-state index contributed by atoms with van der Waals surface area (Å²) in [6, 6.07) is 0. The molecule has 1 heteroatoms. The van der Waals surface area contributed by atoms with Crippen molar-refractivity contribution in [3.63, 3.8) is 0 Å². The van der Waals surface area contributed by atoms with Crippen molar-refractivity contribution in [3.8, 4) is 0 Å². The molecule has 0 aliphatic heterocycles. The minimum absolute atomic E-state index is 0.0838. The van der Waals surface area contributed by atoms with Crippen LogP contribution in [0.2, 0.25) is 0 Å². The van der Waals surface area contributed by atoms with E-state index in [-0.39, 0.29) is 10.8 Å². The highest BCUT2D eigenvalue weighted by Gasteiger charge is 2.49. The van der Waals surface area contributed by atoms with Gasteiger partial charge in [-0.2, -0.15) is 0 Å². The van der Waals surface area contributed by atoms with Crippen molar-refractivity contribution in [2.45, 2.75) is 59.8 Å². The Bertz CT molecular complexity index is 337. The highest BCUT2D eigenvalue weighted by atomic mass is 16.1. The Labute approximate surface area is 99.3 Å². The summed E-state index contributed by atoms with van der Waals surface area (Å²) in [5, 5.41) is 0. The van der Waals surface area contributed by atoms with E-state index in [1.165, 1.54) is 12.0 Å². The van der Waals surface area contributed by atoms with Crippen LogP contribution in [0, 0.1) is 16.7 Å². The maximum atomic E-state index is 12.3. The van der Waals surface area contributed by atoms with Gasteiger partial charge < -0.3 is 0 Å². The van der Waals surface area contributed by atoms with Gasteiger partial charge in [-0.25, -0.2) is 0 Å². The zero-order chi connectivity index (χ0) is 12.0. The number of carbonyl (C=O) groups excluding carboxylic acids is 1. The van der Waals surface area contributed by atoms with Gasteiger partial charge >= 0.3 is 0 Å². The summed E-state index contributed by atoms with van der Waals surface area (Å²) in [6.45, 7) is 9.09. The van der Waals surface area contributed by atoms with Crippen LogP contribution >= 0.6 is 0 Å². The topological polar surface area (TPSA) is 17.1 Å². The summed E-state index contributed by atoms with van der Waals surface area (Å²) in [6.07, 6.45) is 7.61. The summed E-state index contributed by atoms with van der Waals surface area (Å²) in [7, 11) is 0. The highest BCUT2D eigenvalue weighted by Crippen LogP contribution is 2.53. The van der Waals surface area contributed by atoms with Crippen molar-refractivity contribution in [1.29, 1.82) is 0 Å². The fourth-order valence-corrected chi connectivity index (χ4v) is 3.71. The zero-order valence-corrected chi connectivity index (χ0v) is 11.1. The van der Waals surface area contributed by atoms with Gasteiger partial charge in [0, 0.05) is 11.8 Å². The van der Waals surface area contributed by atoms with Crippen LogP contribution in [0.15, 0.2) is 11.6 Å². The number of rotatable bonds is 0. The van der Waals surface area contributed by atoms with Crippen molar-refractivity contribution < 1.29 is 4.79 Å². The molecule has 0 saturated heterocycles. The van der Waals surface area contributed by atoms with Crippen LogP contribution in [-0.4, -0.2) is 5.78 Å². The molecule has 16 heavy (non-hydrogen) atoms. The third kappa shape index (κ3) is 1.74. The molecule has 0 heterocycles. The highest BCUT2D eigenvalue weighted by molar-refractivity contribution is 5.85. The van der Waals surface area contributed by atoms with Crippen LogP contribution in [0.4, 0.5) is 0 Å². The molecule has 0 amide bonds. The molecule has 1 saturated carbocycles. The third-order valence-electron chi connectivity index (χ3n) is 4.88. The molecule has 0 aromatic heterocycles. The standard InChI is InChI=1S/C15H24O/c1-11-7-9-15(4)12(10-11)14(2,3)8-5-6-13(15)16/h10,12H,5-9H2,1-4H3/t12-,15-/m0/s1. The first kappa shape index (κ1) is 11.9. The SMILES string of the molecule is CC1=C[C@H]2C(C)(C)CCCC(=O)[C@@]2(C)CC1. The van der Waals surface area contributed by atoms with Crippen LogP contribution in [0.3, 0.4) is 0 Å². The van der Waals surface area contributed by atoms with Crippen LogP contribution in [-0.2, 0) is 4.79 Å². The smallest absolute Gasteiger partial charge is 0.139 e. The molecule has 0 aromatic rings. The van der Waals surface area contributed by atoms with Crippen LogP contribution < -0.4 is 0 Å². The van der Waals surface area contributed by atoms with Crippen molar-refractivity contribution in [3.05, 3.63) is 11.6 Å². The second-order valence-electron chi connectivity index (χ2n) is 6.67. The lowest BCUT2D eigenvalue weighted by Crippen LogP contribution is -2.42. The molecular weight excluding hydrogens is 196 g/mol. The molecule has 90 valence electrons. The Kier molecular flexibility index (Phi) is 2.76. The van der Waals surface area contributed by atoms with E-state index < -0.39 is 0 Å². The summed E-state index contributed by atoms with van der Waals surface area (Å²) >= 11 is 0. The van der Waals surface area contributed by atoms with Gasteiger partial charge in [-0.05, 0) is 43.9 Å². The Balaban J connectivity index is 2.46. The molecule has 2 aliphatic carbocycles. The van der Waals surface area contributed by atoms with Gasteiger partial charge in [-0.15, -0.1) is 0 Å². The minimum atomic E-state index is -0.0838. The van der Waals surface area contributed by atoms with E-state index >= 15 is 0 Å². The molecule has 1 nitrogen and oxygen atoms in total. The largest absolute Gasteiger partial charge is 0.299 e. The summed E-state index contributed by atoms with van der Waals surface area (Å²) in [4.78, 5) is 12.3. The lowest BCUT2D eigenvalue weighted by atomic mass is 9.58. The van der Waals surface area contributed by atoms with Gasteiger partial charge in [0.1, 0.15) is 5.78 Å². The fraction of sp³-hybridized carbons (Fsp3) is 0.800. The van der Waals surface area contributed by atoms with Gasteiger partial charge in [-0.3, -0.25) is 4.79 Å². The monoisotopic (exact) mass is 220 g/mol. The normalized spacial score (nSPS) is 38.6. The number of carbonyl (C=O) groups is 1. The first-order valence-electron chi connectivity index (χ1n) is 6.57. The second kappa shape index (κ2) is 3.72. The molecule has 0 unspecified atom stereocenters. The van der Waals surface area contributed by atoms with E-state index in [1.54, 1.807) is 0 Å². The van der Waals surface area contributed by atoms with E-state index in [1.807, 2.05) is 0 Å². The van der Waals surface area contributed by atoms with Crippen molar-refractivity contribution in [2.24, 2.45) is 16.7 Å². The van der Waals surface area contributed by atoms with E-state index in [0.29, 0.717) is 11.7 Å². The lowest BCUT2D eigenvalue weighted by Gasteiger charge is -2.45. The third-order valence-corrected chi connectivity index (χ3v) is 4.88. The van der Waals surface area contributed by atoms with Gasteiger partial charge in [0.25, 0.3) is 0 Å². The molecule has 0 radical (unpaired) electrons. The Morgan fingerprint density at radius 3 is 2.56 bits per heavy atom. The van der Waals surface area contributed by atoms with Crippen molar-refractivity contribution in [2.75, 3.05) is 0 Å². The van der Waals surface area contributed by atoms with Crippen molar-refractivity contribution >= 4 is 5.78 Å². The van der Waals surface area contributed by atoms with Gasteiger partial charge in [0.15, 0.2) is 0 Å². The zero-order valence-electron chi connectivity index (χ0n) is 11.1. The average molecular weight is 220 g/mol. The summed E-state index contributed by atoms with van der Waals surface area (Å²) < 4.78 is 0. The maximum Gasteiger partial charge on any atom is 0.139 e. The van der Waals surface area contributed by atoms with E-state index in [4.69, 9.17) is 0 Å². The maximum absolute atomic E-state index is 12.3. The molecule has 0 N–H and O–H groups in total. The van der Waals surface area contributed by atoms with Gasteiger partial charge in [-0.1, -0.05) is 32.4 Å². The molecule has 0 bridgehead atoms.